The van der Waals surface area contributed by atoms with Gasteiger partial charge >= 0.3 is 0 Å². The molecule has 132 valence electrons. The molecule has 0 radical (unpaired) electrons. The molecule has 0 aliphatic heterocycles. The normalized spacial score (nSPS) is 10.5. The van der Waals surface area contributed by atoms with E-state index in [1.807, 2.05) is 30.3 Å². The van der Waals surface area contributed by atoms with E-state index in [4.69, 9.17) is 0 Å². The van der Waals surface area contributed by atoms with Gasteiger partial charge < -0.3 is 10.6 Å². The molecule has 0 unspecified atom stereocenters. The summed E-state index contributed by atoms with van der Waals surface area (Å²) in [5.74, 6) is -2.36. The second-order valence-electron chi connectivity index (χ2n) is 5.57. The van der Waals surface area contributed by atoms with Crippen LogP contribution in [0.4, 0.5) is 14.6 Å². The van der Waals surface area contributed by atoms with Crippen LogP contribution in [0.15, 0.2) is 54.6 Å². The Hall–Kier alpha value is -3.35. The van der Waals surface area contributed by atoms with Crippen LogP contribution in [0.1, 0.15) is 16.8 Å². The number of hydrogen-bond acceptors (Lipinski definition) is 3. The van der Waals surface area contributed by atoms with Crippen molar-refractivity contribution in [3.05, 3.63) is 71.8 Å². The van der Waals surface area contributed by atoms with E-state index >= 15 is 0 Å². The zero-order valence-electron chi connectivity index (χ0n) is 13.6. The highest BCUT2D eigenvalue weighted by Gasteiger charge is 2.12. The Morgan fingerprint density at radius 3 is 2.62 bits per heavy atom. The van der Waals surface area contributed by atoms with Crippen molar-refractivity contribution in [1.29, 1.82) is 0 Å². The average molecular weight is 355 g/mol. The van der Waals surface area contributed by atoms with E-state index in [1.54, 1.807) is 6.07 Å². The average Bonchev–Trinajstić information content (AvgIpc) is 2.61. The quantitative estimate of drug-likeness (QED) is 0.738. The van der Waals surface area contributed by atoms with Crippen LogP contribution >= 0.6 is 0 Å². The first-order chi connectivity index (χ1) is 12.5. The summed E-state index contributed by atoms with van der Waals surface area (Å²) in [7, 11) is 0. The number of carbonyl (C=O) groups excluding carboxylic acids is 2. The number of benzene rings is 2. The van der Waals surface area contributed by atoms with Gasteiger partial charge in [-0.25, -0.2) is 13.8 Å². The molecule has 0 aliphatic carbocycles. The maximum absolute atomic E-state index is 13.5. The van der Waals surface area contributed by atoms with Crippen molar-refractivity contribution in [2.75, 3.05) is 11.9 Å². The molecule has 1 aromatic heterocycles. The Morgan fingerprint density at radius 2 is 1.81 bits per heavy atom. The van der Waals surface area contributed by atoms with Gasteiger partial charge in [0.25, 0.3) is 5.91 Å². The van der Waals surface area contributed by atoms with Crippen molar-refractivity contribution in [3.8, 4) is 0 Å². The molecule has 7 heteroatoms. The van der Waals surface area contributed by atoms with E-state index in [-0.39, 0.29) is 24.4 Å². The molecule has 3 rings (SSSR count). The van der Waals surface area contributed by atoms with Crippen LogP contribution < -0.4 is 10.6 Å². The third-order valence-electron chi connectivity index (χ3n) is 3.68. The van der Waals surface area contributed by atoms with Gasteiger partial charge in [-0.05, 0) is 30.3 Å². The number of nitrogens with zero attached hydrogens (tertiary/aromatic N) is 1. The van der Waals surface area contributed by atoms with E-state index in [2.05, 4.69) is 15.6 Å². The number of aromatic nitrogens is 1. The second kappa shape index (κ2) is 7.69. The Labute approximate surface area is 148 Å². The van der Waals surface area contributed by atoms with Crippen molar-refractivity contribution in [3.63, 3.8) is 0 Å². The first-order valence-corrected chi connectivity index (χ1v) is 7.92. The zero-order chi connectivity index (χ0) is 18.5. The molecule has 1 heterocycles. The van der Waals surface area contributed by atoms with Crippen molar-refractivity contribution in [1.82, 2.24) is 10.3 Å². The number of rotatable bonds is 5. The van der Waals surface area contributed by atoms with Gasteiger partial charge in [-0.3, -0.25) is 9.59 Å². The summed E-state index contributed by atoms with van der Waals surface area (Å²) in [4.78, 5) is 28.1. The molecule has 2 amide bonds. The monoisotopic (exact) mass is 355 g/mol. The summed E-state index contributed by atoms with van der Waals surface area (Å²) in [6, 6.07) is 13.7. The number of fused-ring (bicyclic) bond motifs is 1. The molecule has 3 aromatic rings. The fourth-order valence-electron chi connectivity index (χ4n) is 2.40. The second-order valence-corrected chi connectivity index (χ2v) is 5.57. The summed E-state index contributed by atoms with van der Waals surface area (Å²) in [6.07, 6.45) is -0.0109. The van der Waals surface area contributed by atoms with Crippen molar-refractivity contribution in [2.45, 2.75) is 6.42 Å². The lowest BCUT2D eigenvalue weighted by atomic mass is 10.2. The molecule has 0 spiro atoms. The van der Waals surface area contributed by atoms with Crippen LogP contribution in [0.3, 0.4) is 0 Å². The number of halogens is 2. The summed E-state index contributed by atoms with van der Waals surface area (Å²) >= 11 is 0. The van der Waals surface area contributed by atoms with E-state index in [0.717, 1.165) is 23.0 Å². The van der Waals surface area contributed by atoms with Crippen LogP contribution in [-0.4, -0.2) is 23.3 Å². The van der Waals surface area contributed by atoms with Crippen LogP contribution in [0.5, 0.6) is 0 Å². The van der Waals surface area contributed by atoms with Crippen molar-refractivity contribution < 1.29 is 18.4 Å². The summed E-state index contributed by atoms with van der Waals surface area (Å²) in [6.45, 7) is 0.00899. The fraction of sp³-hybridized carbons (Fsp3) is 0.105. The molecule has 0 saturated heterocycles. The lowest BCUT2D eigenvalue weighted by Crippen LogP contribution is -2.28. The van der Waals surface area contributed by atoms with E-state index < -0.39 is 17.5 Å². The highest BCUT2D eigenvalue weighted by atomic mass is 19.1. The van der Waals surface area contributed by atoms with E-state index in [0.29, 0.717) is 11.9 Å². The van der Waals surface area contributed by atoms with Crippen LogP contribution in [0.2, 0.25) is 0 Å². The Morgan fingerprint density at radius 1 is 1.00 bits per heavy atom. The standard InChI is InChI=1S/C19H15F2N3O2/c20-13-6-7-14(15(21)11-13)19(26)22-10-9-18(25)24-17-8-5-12-3-1-2-4-16(12)23-17/h1-8,11H,9-10H2,(H,22,26)(H,23,24,25). The Balaban J connectivity index is 1.52. The number of anilines is 1. The molecule has 0 saturated carbocycles. The third-order valence-corrected chi connectivity index (χ3v) is 3.68. The highest BCUT2D eigenvalue weighted by molar-refractivity contribution is 5.95. The summed E-state index contributed by atoms with van der Waals surface area (Å²) in [5, 5.41) is 6.02. The number of pyridine rings is 1. The predicted molar refractivity (Wildman–Crippen MR) is 93.7 cm³/mol. The molecular formula is C19H15F2N3O2. The van der Waals surface area contributed by atoms with Gasteiger partial charge in [0.15, 0.2) is 0 Å². The minimum absolute atomic E-state index is 0.00899. The van der Waals surface area contributed by atoms with Crippen molar-refractivity contribution >= 4 is 28.5 Å². The zero-order valence-corrected chi connectivity index (χ0v) is 13.6. The van der Waals surface area contributed by atoms with Gasteiger partial charge in [-0.15, -0.1) is 0 Å². The van der Waals surface area contributed by atoms with Gasteiger partial charge in [0, 0.05) is 24.4 Å². The molecule has 0 aliphatic rings. The topological polar surface area (TPSA) is 71.1 Å². The van der Waals surface area contributed by atoms with Gasteiger partial charge in [0.1, 0.15) is 17.5 Å². The van der Waals surface area contributed by atoms with Crippen LogP contribution in [0.25, 0.3) is 10.9 Å². The van der Waals surface area contributed by atoms with Gasteiger partial charge in [-0.1, -0.05) is 18.2 Å². The molecule has 5 nitrogen and oxygen atoms in total. The molecule has 2 aromatic carbocycles. The van der Waals surface area contributed by atoms with Gasteiger partial charge in [0.2, 0.25) is 5.91 Å². The largest absolute Gasteiger partial charge is 0.351 e. The number of amides is 2. The number of nitrogens with one attached hydrogen (secondary N) is 2. The lowest BCUT2D eigenvalue weighted by molar-refractivity contribution is -0.116. The maximum Gasteiger partial charge on any atom is 0.254 e. The first kappa shape index (κ1) is 17.5. The van der Waals surface area contributed by atoms with E-state index in [1.165, 1.54) is 0 Å². The Bertz CT molecular complexity index is 976. The first-order valence-electron chi connectivity index (χ1n) is 7.92. The third kappa shape index (κ3) is 4.18. The number of carbonyl (C=O) groups is 2. The van der Waals surface area contributed by atoms with Gasteiger partial charge in [0.05, 0.1) is 11.1 Å². The fourth-order valence-corrected chi connectivity index (χ4v) is 2.40. The predicted octanol–water partition coefficient (Wildman–Crippen LogP) is 3.27. The van der Waals surface area contributed by atoms with E-state index in [9.17, 15) is 18.4 Å². The number of hydrogen-bond donors (Lipinski definition) is 2. The minimum atomic E-state index is -0.952. The lowest BCUT2D eigenvalue weighted by Gasteiger charge is -2.07. The molecule has 0 atom stereocenters. The van der Waals surface area contributed by atoms with Crippen LogP contribution in [0, 0.1) is 11.6 Å². The summed E-state index contributed by atoms with van der Waals surface area (Å²) < 4.78 is 26.4. The van der Waals surface area contributed by atoms with Gasteiger partial charge in [-0.2, -0.15) is 0 Å². The summed E-state index contributed by atoms with van der Waals surface area (Å²) in [5.41, 5.74) is 0.480. The molecule has 2 N–H and O–H groups in total. The molecular weight excluding hydrogens is 340 g/mol. The molecule has 0 fully saturated rings. The molecule has 0 bridgehead atoms. The minimum Gasteiger partial charge on any atom is -0.351 e. The maximum atomic E-state index is 13.5. The molecule has 26 heavy (non-hydrogen) atoms. The van der Waals surface area contributed by atoms with Crippen molar-refractivity contribution in [2.24, 2.45) is 0 Å². The highest BCUT2D eigenvalue weighted by Crippen LogP contribution is 2.14. The Kier molecular flexibility index (Phi) is 5.17. The van der Waals surface area contributed by atoms with Crippen LogP contribution in [-0.2, 0) is 4.79 Å². The smallest absolute Gasteiger partial charge is 0.254 e. The number of para-hydroxylation sites is 1. The SMILES string of the molecule is O=C(CCNC(=O)c1ccc(F)cc1F)Nc1ccc2ccccc2n1.